The minimum absolute atomic E-state index is 0.557. The molecule has 1 aliphatic rings. The normalized spacial score (nSPS) is 17.1. The SMILES string of the molecule is CCNc1nc(C)c2c(n1)NC(O)C(c1ccn[nH]1)=C2. The summed E-state index contributed by atoms with van der Waals surface area (Å²) in [5, 5.41) is 23.0. The van der Waals surface area contributed by atoms with Gasteiger partial charge in [0.2, 0.25) is 5.95 Å². The predicted octanol–water partition coefficient (Wildman–Crippen LogP) is 1.22. The molecule has 20 heavy (non-hydrogen) atoms. The van der Waals surface area contributed by atoms with Crippen molar-refractivity contribution in [3.05, 3.63) is 29.2 Å². The molecule has 0 radical (unpaired) electrons. The third kappa shape index (κ3) is 2.12. The number of aliphatic hydroxyl groups excluding tert-OH is 1. The fourth-order valence-electron chi connectivity index (χ4n) is 2.18. The zero-order valence-corrected chi connectivity index (χ0v) is 11.3. The van der Waals surface area contributed by atoms with E-state index in [0.29, 0.717) is 11.8 Å². The maximum Gasteiger partial charge on any atom is 0.224 e. The zero-order valence-electron chi connectivity index (χ0n) is 11.3. The van der Waals surface area contributed by atoms with E-state index in [2.05, 4.69) is 30.8 Å². The van der Waals surface area contributed by atoms with Crippen LogP contribution in [0.5, 0.6) is 0 Å². The summed E-state index contributed by atoms with van der Waals surface area (Å²) in [5.74, 6) is 1.19. The Hall–Kier alpha value is -2.41. The van der Waals surface area contributed by atoms with Crippen LogP contribution in [0.25, 0.3) is 11.6 Å². The number of hydrogen-bond donors (Lipinski definition) is 4. The van der Waals surface area contributed by atoms with Gasteiger partial charge in [-0.25, -0.2) is 4.98 Å². The van der Waals surface area contributed by atoms with Gasteiger partial charge in [0.05, 0.1) is 11.4 Å². The van der Waals surface area contributed by atoms with Crippen LogP contribution >= 0.6 is 0 Å². The van der Waals surface area contributed by atoms with Crippen molar-refractivity contribution in [3.63, 3.8) is 0 Å². The summed E-state index contributed by atoms with van der Waals surface area (Å²) < 4.78 is 0. The van der Waals surface area contributed by atoms with Gasteiger partial charge in [-0.2, -0.15) is 10.1 Å². The van der Waals surface area contributed by atoms with Crippen molar-refractivity contribution in [2.45, 2.75) is 20.1 Å². The first-order chi connectivity index (χ1) is 9.69. The second kappa shape index (κ2) is 4.93. The third-order valence-corrected chi connectivity index (χ3v) is 3.15. The Morgan fingerprint density at radius 1 is 1.40 bits per heavy atom. The van der Waals surface area contributed by atoms with E-state index in [-0.39, 0.29) is 0 Å². The molecular formula is C13H16N6O. The Labute approximate surface area is 116 Å². The van der Waals surface area contributed by atoms with Crippen LogP contribution in [0.15, 0.2) is 12.3 Å². The highest BCUT2D eigenvalue weighted by atomic mass is 16.3. The molecule has 1 aliphatic heterocycles. The number of aromatic nitrogens is 4. The van der Waals surface area contributed by atoms with Gasteiger partial charge < -0.3 is 15.7 Å². The molecule has 7 nitrogen and oxygen atoms in total. The van der Waals surface area contributed by atoms with Gasteiger partial charge in [0, 0.05) is 23.9 Å². The maximum absolute atomic E-state index is 10.2. The van der Waals surface area contributed by atoms with Gasteiger partial charge in [0.15, 0.2) is 6.23 Å². The van der Waals surface area contributed by atoms with Crippen LogP contribution < -0.4 is 10.6 Å². The van der Waals surface area contributed by atoms with Crippen molar-refractivity contribution < 1.29 is 5.11 Å². The molecule has 0 aliphatic carbocycles. The number of nitrogens with one attached hydrogen (secondary N) is 3. The number of anilines is 2. The van der Waals surface area contributed by atoms with Gasteiger partial charge in [0.1, 0.15) is 5.82 Å². The number of aryl methyl sites for hydroxylation is 1. The molecule has 0 amide bonds. The fraction of sp³-hybridized carbons (Fsp3) is 0.308. The third-order valence-electron chi connectivity index (χ3n) is 3.15. The molecule has 0 bridgehead atoms. The van der Waals surface area contributed by atoms with E-state index in [1.165, 1.54) is 0 Å². The Kier molecular flexibility index (Phi) is 3.11. The highest BCUT2D eigenvalue weighted by Crippen LogP contribution is 2.31. The Morgan fingerprint density at radius 2 is 2.25 bits per heavy atom. The smallest absolute Gasteiger partial charge is 0.224 e. The van der Waals surface area contributed by atoms with Gasteiger partial charge in [-0.15, -0.1) is 0 Å². The number of fused-ring (bicyclic) bond motifs is 1. The minimum atomic E-state index is -0.827. The summed E-state index contributed by atoms with van der Waals surface area (Å²) in [6.07, 6.45) is 2.71. The van der Waals surface area contributed by atoms with Crippen LogP contribution in [0.2, 0.25) is 0 Å². The number of nitrogens with zero attached hydrogens (tertiary/aromatic N) is 3. The Balaban J connectivity index is 2.06. The number of aliphatic hydroxyl groups is 1. The van der Waals surface area contributed by atoms with Crippen LogP contribution in [-0.4, -0.2) is 38.0 Å². The van der Waals surface area contributed by atoms with Gasteiger partial charge >= 0.3 is 0 Å². The summed E-state index contributed by atoms with van der Waals surface area (Å²) in [6, 6.07) is 1.81. The van der Waals surface area contributed by atoms with E-state index in [4.69, 9.17) is 0 Å². The maximum atomic E-state index is 10.2. The highest BCUT2D eigenvalue weighted by Gasteiger charge is 2.23. The topological polar surface area (TPSA) is 98.8 Å². The van der Waals surface area contributed by atoms with Crippen molar-refractivity contribution in [1.82, 2.24) is 20.2 Å². The molecule has 1 unspecified atom stereocenters. The molecule has 0 saturated carbocycles. The second-order valence-corrected chi connectivity index (χ2v) is 4.54. The first kappa shape index (κ1) is 12.6. The van der Waals surface area contributed by atoms with E-state index in [1.807, 2.05) is 26.0 Å². The first-order valence-electron chi connectivity index (χ1n) is 6.47. The van der Waals surface area contributed by atoms with Gasteiger partial charge in [-0.1, -0.05) is 0 Å². The van der Waals surface area contributed by atoms with Gasteiger partial charge in [0.25, 0.3) is 0 Å². The predicted molar refractivity (Wildman–Crippen MR) is 77.0 cm³/mol. The van der Waals surface area contributed by atoms with Crippen molar-refractivity contribution in [2.24, 2.45) is 0 Å². The summed E-state index contributed by atoms with van der Waals surface area (Å²) in [7, 11) is 0. The van der Waals surface area contributed by atoms with Gasteiger partial charge in [-0.05, 0) is 26.0 Å². The molecule has 3 heterocycles. The standard InChI is InChI=1S/C13H16N6O/c1-3-14-13-16-7(2)8-6-9(10-4-5-15-19-10)12(20)17-11(8)18-13/h4-6,12,20H,3H2,1-2H3,(H,15,19)(H2,14,16,17,18). The quantitative estimate of drug-likeness (QED) is 0.670. The van der Waals surface area contributed by atoms with Crippen LogP contribution in [0, 0.1) is 6.92 Å². The van der Waals surface area contributed by atoms with Crippen molar-refractivity contribution >= 4 is 23.4 Å². The second-order valence-electron chi connectivity index (χ2n) is 4.54. The Bertz CT molecular complexity index is 649. The molecule has 7 heteroatoms. The summed E-state index contributed by atoms with van der Waals surface area (Å²) >= 11 is 0. The molecule has 104 valence electrons. The highest BCUT2D eigenvalue weighted by molar-refractivity contribution is 5.90. The molecule has 3 rings (SSSR count). The van der Waals surface area contributed by atoms with Crippen molar-refractivity contribution in [2.75, 3.05) is 17.2 Å². The molecule has 4 N–H and O–H groups in total. The summed E-state index contributed by atoms with van der Waals surface area (Å²) in [6.45, 7) is 4.65. The van der Waals surface area contributed by atoms with Crippen LogP contribution in [-0.2, 0) is 0 Å². The van der Waals surface area contributed by atoms with E-state index in [1.54, 1.807) is 6.20 Å². The van der Waals surface area contributed by atoms with Crippen molar-refractivity contribution in [1.29, 1.82) is 0 Å². The van der Waals surface area contributed by atoms with Crippen LogP contribution in [0.1, 0.15) is 23.9 Å². The molecule has 0 fully saturated rings. The average molecular weight is 272 g/mol. The number of rotatable bonds is 3. The average Bonchev–Trinajstić information content (AvgIpc) is 2.92. The number of hydrogen-bond acceptors (Lipinski definition) is 6. The van der Waals surface area contributed by atoms with Crippen LogP contribution in [0.4, 0.5) is 11.8 Å². The zero-order chi connectivity index (χ0) is 14.1. The summed E-state index contributed by atoms with van der Waals surface area (Å²) in [4.78, 5) is 8.77. The molecule has 2 aromatic heterocycles. The summed E-state index contributed by atoms with van der Waals surface area (Å²) in [5.41, 5.74) is 3.22. The first-order valence-corrected chi connectivity index (χ1v) is 6.47. The Morgan fingerprint density at radius 3 is 2.95 bits per heavy atom. The van der Waals surface area contributed by atoms with E-state index >= 15 is 0 Å². The minimum Gasteiger partial charge on any atom is -0.369 e. The van der Waals surface area contributed by atoms with E-state index < -0.39 is 6.23 Å². The molecular weight excluding hydrogens is 256 g/mol. The molecule has 1 atom stereocenters. The molecule has 2 aromatic rings. The van der Waals surface area contributed by atoms with Gasteiger partial charge in [-0.3, -0.25) is 5.10 Å². The van der Waals surface area contributed by atoms with Crippen LogP contribution in [0.3, 0.4) is 0 Å². The lowest BCUT2D eigenvalue weighted by molar-refractivity contribution is 0.260. The van der Waals surface area contributed by atoms with E-state index in [0.717, 1.165) is 29.1 Å². The number of H-pyrrole nitrogens is 1. The van der Waals surface area contributed by atoms with Crippen molar-refractivity contribution in [3.8, 4) is 0 Å². The lowest BCUT2D eigenvalue weighted by Crippen LogP contribution is -2.26. The van der Waals surface area contributed by atoms with E-state index in [9.17, 15) is 5.11 Å². The monoisotopic (exact) mass is 272 g/mol. The fourth-order valence-corrected chi connectivity index (χ4v) is 2.18. The molecule has 0 spiro atoms. The molecule has 0 aromatic carbocycles. The number of aromatic amines is 1. The molecule has 0 saturated heterocycles. The largest absolute Gasteiger partial charge is 0.369 e. The lowest BCUT2D eigenvalue weighted by atomic mass is 10.0. The lowest BCUT2D eigenvalue weighted by Gasteiger charge is -2.24.